The molecular formula is C36H32N6O3S. The van der Waals surface area contributed by atoms with Crippen LogP contribution in [0.2, 0.25) is 0 Å². The maximum absolute atomic E-state index is 13.7. The first kappa shape index (κ1) is 29.3. The van der Waals surface area contributed by atoms with Gasteiger partial charge in [0.15, 0.2) is 0 Å². The number of carbonyl (C=O) groups excluding carboxylic acids is 2. The summed E-state index contributed by atoms with van der Waals surface area (Å²) in [6, 6.07) is 18.9. The molecule has 230 valence electrons. The minimum absolute atomic E-state index is 0.0350. The Morgan fingerprint density at radius 3 is 2.70 bits per heavy atom. The summed E-state index contributed by atoms with van der Waals surface area (Å²) in [4.78, 5) is 34.2. The molecule has 3 aliphatic rings. The van der Waals surface area contributed by atoms with Gasteiger partial charge in [0, 0.05) is 17.9 Å². The van der Waals surface area contributed by atoms with Crippen LogP contribution in [0.5, 0.6) is 11.5 Å². The Bertz CT molecular complexity index is 1990. The molecule has 46 heavy (non-hydrogen) atoms. The second-order valence-corrected chi connectivity index (χ2v) is 12.8. The Morgan fingerprint density at radius 2 is 1.98 bits per heavy atom. The SMILES string of the molecule is C=C(NC1=CCC(NC(=O)/C(C#N)=C/C2CC2)CC1)c1sc2nccc3c2c1NC(=O)N3c1ccc(Oc2ccccc2)cc1C. The first-order valence-electron chi connectivity index (χ1n) is 15.3. The van der Waals surface area contributed by atoms with Gasteiger partial charge in [-0.05, 0) is 86.9 Å². The molecule has 3 N–H and O–H groups in total. The zero-order valence-corrected chi connectivity index (χ0v) is 26.1. The van der Waals surface area contributed by atoms with Gasteiger partial charge in [0.05, 0.1) is 33.0 Å². The molecule has 2 aromatic heterocycles. The van der Waals surface area contributed by atoms with Gasteiger partial charge in [-0.25, -0.2) is 9.78 Å². The number of thiophene rings is 1. The minimum atomic E-state index is -0.294. The summed E-state index contributed by atoms with van der Waals surface area (Å²) >= 11 is 1.48. The average Bonchev–Trinajstić information content (AvgIpc) is 3.81. The molecule has 2 aliphatic carbocycles. The largest absolute Gasteiger partial charge is 0.457 e. The third kappa shape index (κ3) is 5.85. The number of hydrogen-bond donors (Lipinski definition) is 3. The molecule has 0 radical (unpaired) electrons. The summed E-state index contributed by atoms with van der Waals surface area (Å²) in [6.07, 6.45) is 9.77. The molecule has 3 heterocycles. The smallest absolute Gasteiger partial charge is 0.331 e. The molecule has 4 aromatic rings. The number of benzene rings is 2. The van der Waals surface area contributed by atoms with Crippen LogP contribution in [0.25, 0.3) is 15.9 Å². The van der Waals surface area contributed by atoms with Gasteiger partial charge in [-0.15, -0.1) is 11.3 Å². The van der Waals surface area contributed by atoms with E-state index in [0.717, 1.165) is 62.7 Å². The summed E-state index contributed by atoms with van der Waals surface area (Å²) < 4.78 is 6.00. The van der Waals surface area contributed by atoms with Crippen molar-refractivity contribution in [1.29, 1.82) is 5.26 Å². The van der Waals surface area contributed by atoms with Crippen molar-refractivity contribution in [3.8, 4) is 17.6 Å². The lowest BCUT2D eigenvalue weighted by molar-refractivity contribution is -0.117. The van der Waals surface area contributed by atoms with Crippen molar-refractivity contribution in [3.05, 3.63) is 101 Å². The number of pyridine rings is 1. The monoisotopic (exact) mass is 628 g/mol. The summed E-state index contributed by atoms with van der Waals surface area (Å²) in [5.41, 5.74) is 4.96. The van der Waals surface area contributed by atoms with E-state index in [9.17, 15) is 14.9 Å². The van der Waals surface area contributed by atoms with E-state index >= 15 is 0 Å². The first-order chi connectivity index (χ1) is 22.4. The molecule has 2 aromatic carbocycles. The number of amides is 3. The second-order valence-electron chi connectivity index (χ2n) is 11.8. The normalized spacial score (nSPS) is 17.5. The molecule has 0 bridgehead atoms. The van der Waals surface area contributed by atoms with Crippen LogP contribution in [0.3, 0.4) is 0 Å². The minimum Gasteiger partial charge on any atom is -0.457 e. The van der Waals surface area contributed by atoms with E-state index in [1.807, 2.05) is 67.6 Å². The van der Waals surface area contributed by atoms with Crippen LogP contribution in [0, 0.1) is 24.2 Å². The molecule has 1 saturated carbocycles. The molecule has 1 aliphatic heterocycles. The number of carbonyl (C=O) groups is 2. The maximum atomic E-state index is 13.7. The first-order valence-corrected chi connectivity index (χ1v) is 16.1. The number of nitrogens with zero attached hydrogens (tertiary/aromatic N) is 3. The van der Waals surface area contributed by atoms with E-state index in [0.29, 0.717) is 35.9 Å². The second kappa shape index (κ2) is 12.2. The fourth-order valence-electron chi connectivity index (χ4n) is 5.86. The van der Waals surface area contributed by atoms with E-state index in [1.54, 1.807) is 17.2 Å². The van der Waals surface area contributed by atoms with E-state index in [2.05, 4.69) is 33.6 Å². The number of aromatic nitrogens is 1. The molecule has 9 nitrogen and oxygen atoms in total. The maximum Gasteiger partial charge on any atom is 0.331 e. The van der Waals surface area contributed by atoms with Crippen LogP contribution in [-0.2, 0) is 4.79 Å². The van der Waals surface area contributed by atoms with Gasteiger partial charge in [-0.1, -0.05) is 36.9 Å². The number of nitrogens with one attached hydrogen (secondary N) is 3. The highest BCUT2D eigenvalue weighted by atomic mass is 32.1. The highest BCUT2D eigenvalue weighted by Gasteiger charge is 2.32. The number of aryl methyl sites for hydroxylation is 1. The molecule has 1 fully saturated rings. The van der Waals surface area contributed by atoms with Crippen LogP contribution in [0.4, 0.5) is 21.9 Å². The molecule has 0 saturated heterocycles. The Hall–Kier alpha value is -5.40. The van der Waals surface area contributed by atoms with Crippen LogP contribution < -0.4 is 25.6 Å². The number of hydrogen-bond acceptors (Lipinski definition) is 7. The summed E-state index contributed by atoms with van der Waals surface area (Å²) in [5, 5.41) is 19.8. The topological polar surface area (TPSA) is 119 Å². The van der Waals surface area contributed by atoms with Crippen LogP contribution in [0.1, 0.15) is 42.5 Å². The van der Waals surface area contributed by atoms with E-state index < -0.39 is 0 Å². The number of urea groups is 1. The molecule has 0 spiro atoms. The number of rotatable bonds is 9. The average molecular weight is 629 g/mol. The van der Waals surface area contributed by atoms with Crippen LogP contribution in [-0.4, -0.2) is 23.0 Å². The Morgan fingerprint density at radius 1 is 1.15 bits per heavy atom. The fourth-order valence-corrected chi connectivity index (χ4v) is 6.90. The highest BCUT2D eigenvalue weighted by molar-refractivity contribution is 7.20. The van der Waals surface area contributed by atoms with Gasteiger partial charge in [0.1, 0.15) is 28.0 Å². The van der Waals surface area contributed by atoms with E-state index in [4.69, 9.17) is 4.74 Å². The van der Waals surface area contributed by atoms with Crippen molar-refractivity contribution < 1.29 is 14.3 Å². The van der Waals surface area contributed by atoms with Gasteiger partial charge in [0.2, 0.25) is 0 Å². The van der Waals surface area contributed by atoms with Gasteiger partial charge in [-0.3, -0.25) is 9.69 Å². The summed E-state index contributed by atoms with van der Waals surface area (Å²) in [5.74, 6) is 1.50. The summed E-state index contributed by atoms with van der Waals surface area (Å²) in [6.45, 7) is 6.27. The third-order valence-electron chi connectivity index (χ3n) is 8.36. The number of nitriles is 1. The Labute approximate surface area is 270 Å². The number of para-hydroxylation sites is 1. The van der Waals surface area contributed by atoms with Gasteiger partial charge in [0.25, 0.3) is 5.91 Å². The summed E-state index contributed by atoms with van der Waals surface area (Å²) in [7, 11) is 0. The van der Waals surface area contributed by atoms with Crippen molar-refractivity contribution in [2.45, 2.75) is 45.1 Å². The van der Waals surface area contributed by atoms with E-state index in [-0.39, 0.29) is 23.6 Å². The van der Waals surface area contributed by atoms with E-state index in [1.165, 1.54) is 11.3 Å². The lowest BCUT2D eigenvalue weighted by Crippen LogP contribution is -2.37. The molecule has 1 unspecified atom stereocenters. The third-order valence-corrected chi connectivity index (χ3v) is 9.51. The quantitative estimate of drug-likeness (QED) is 0.127. The zero-order chi connectivity index (χ0) is 31.8. The molecule has 3 amide bonds. The van der Waals surface area contributed by atoms with Crippen molar-refractivity contribution >= 4 is 56.3 Å². The number of anilines is 3. The van der Waals surface area contributed by atoms with Crippen LogP contribution in [0.15, 0.2) is 90.8 Å². The fraction of sp³-hybridized carbons (Fsp3) is 0.222. The van der Waals surface area contributed by atoms with Gasteiger partial charge in [-0.2, -0.15) is 5.26 Å². The predicted molar refractivity (Wildman–Crippen MR) is 181 cm³/mol. The lowest BCUT2D eigenvalue weighted by atomic mass is 9.98. The molecule has 7 rings (SSSR count). The predicted octanol–water partition coefficient (Wildman–Crippen LogP) is 8.05. The van der Waals surface area contributed by atoms with Crippen molar-refractivity contribution in [2.75, 3.05) is 10.2 Å². The molecule has 1 atom stereocenters. The van der Waals surface area contributed by atoms with Crippen molar-refractivity contribution in [2.24, 2.45) is 5.92 Å². The van der Waals surface area contributed by atoms with Crippen LogP contribution >= 0.6 is 11.3 Å². The number of ether oxygens (including phenoxy) is 1. The Kier molecular flexibility index (Phi) is 7.76. The van der Waals surface area contributed by atoms with Crippen molar-refractivity contribution in [3.63, 3.8) is 0 Å². The number of allylic oxidation sites excluding steroid dienone is 2. The highest BCUT2D eigenvalue weighted by Crippen LogP contribution is 2.48. The Balaban J connectivity index is 1.08. The molecule has 10 heteroatoms. The molecular weight excluding hydrogens is 597 g/mol. The standard InChI is InChI=1S/C36H32N6O3S/c1-21-18-28(45-27-6-4-3-5-7-27)14-15-29(21)42-30-16-17-38-35-31(30)32(41-36(42)44)33(46-35)22(2)39-25-10-12-26(13-11-25)40-34(43)24(20-37)19-23-8-9-23/h3-7,10,14-19,23,26,39H,2,8-9,11-13H2,1H3,(H,40,43)(H,41,44)/b24-19+. The van der Waals surface area contributed by atoms with Gasteiger partial charge >= 0.3 is 6.03 Å². The van der Waals surface area contributed by atoms with Gasteiger partial charge < -0.3 is 20.7 Å². The zero-order valence-electron chi connectivity index (χ0n) is 25.3. The van der Waals surface area contributed by atoms with Crippen molar-refractivity contribution in [1.82, 2.24) is 15.6 Å². The lowest BCUT2D eigenvalue weighted by Gasteiger charge is -2.30.